The Kier molecular flexibility index (Phi) is 4.00. The van der Waals surface area contributed by atoms with Crippen molar-refractivity contribution >= 4 is 22.7 Å². The summed E-state index contributed by atoms with van der Waals surface area (Å²) in [5.41, 5.74) is 3.30. The second-order valence-electron chi connectivity index (χ2n) is 6.87. The van der Waals surface area contributed by atoms with Gasteiger partial charge in [-0.05, 0) is 25.0 Å². The van der Waals surface area contributed by atoms with Gasteiger partial charge in [-0.3, -0.25) is 9.59 Å². The topological polar surface area (TPSA) is 65.6 Å². The quantitative estimate of drug-likeness (QED) is 0.863. The Morgan fingerprint density at radius 3 is 2.88 bits per heavy atom. The molecule has 1 aromatic heterocycles. The lowest BCUT2D eigenvalue weighted by Crippen LogP contribution is -2.62. The molecule has 0 radical (unpaired) electrons. The molecule has 6 heteroatoms. The number of amides is 2. The molecule has 2 amide bonds. The number of ether oxygens (including phenoxy) is 1. The number of carbonyl (C=O) groups is 2. The van der Waals surface area contributed by atoms with Crippen molar-refractivity contribution in [3.8, 4) is 0 Å². The molecule has 2 atom stereocenters. The number of nitrogens with one attached hydrogen (secondary N) is 1. The summed E-state index contributed by atoms with van der Waals surface area (Å²) in [5.74, 6) is 0.0808. The second kappa shape index (κ2) is 6.19. The molecule has 1 fully saturated rings. The van der Waals surface area contributed by atoms with Gasteiger partial charge >= 0.3 is 0 Å². The number of hydrogen-bond donors (Lipinski definition) is 1. The SMILES string of the molecule is COCCCN1CC(=O)N2C(Cc3c([nH]c4ccccc34)C2C)C1=O. The minimum atomic E-state index is -0.398. The van der Waals surface area contributed by atoms with Gasteiger partial charge in [0, 0.05) is 43.3 Å². The highest BCUT2D eigenvalue weighted by Crippen LogP contribution is 2.38. The zero-order valence-electron chi connectivity index (χ0n) is 14.6. The van der Waals surface area contributed by atoms with E-state index in [4.69, 9.17) is 4.74 Å². The molecule has 25 heavy (non-hydrogen) atoms. The number of rotatable bonds is 4. The van der Waals surface area contributed by atoms with Crippen molar-refractivity contribution in [2.24, 2.45) is 0 Å². The fourth-order valence-corrected chi connectivity index (χ4v) is 4.22. The lowest BCUT2D eigenvalue weighted by molar-refractivity contribution is -0.159. The van der Waals surface area contributed by atoms with E-state index < -0.39 is 6.04 Å². The summed E-state index contributed by atoms with van der Waals surface area (Å²) in [4.78, 5) is 32.6. The highest BCUT2D eigenvalue weighted by Gasteiger charge is 2.45. The number of piperazine rings is 1. The van der Waals surface area contributed by atoms with E-state index in [9.17, 15) is 9.59 Å². The predicted molar refractivity (Wildman–Crippen MR) is 94.1 cm³/mol. The first-order valence-corrected chi connectivity index (χ1v) is 8.80. The van der Waals surface area contributed by atoms with E-state index in [1.807, 2.05) is 25.1 Å². The number of fused-ring (bicyclic) bond motifs is 4. The van der Waals surface area contributed by atoms with Gasteiger partial charge in [0.05, 0.1) is 12.6 Å². The van der Waals surface area contributed by atoms with E-state index in [1.165, 1.54) is 5.56 Å². The van der Waals surface area contributed by atoms with Gasteiger partial charge in [-0.25, -0.2) is 0 Å². The van der Waals surface area contributed by atoms with E-state index in [2.05, 4.69) is 11.1 Å². The van der Waals surface area contributed by atoms with Gasteiger partial charge in [0.2, 0.25) is 11.8 Å². The van der Waals surface area contributed by atoms with Crippen molar-refractivity contribution in [3.05, 3.63) is 35.5 Å². The number of carbonyl (C=O) groups excluding carboxylic acids is 2. The minimum absolute atomic E-state index is 0.0267. The van der Waals surface area contributed by atoms with Gasteiger partial charge in [-0.2, -0.15) is 0 Å². The first-order valence-electron chi connectivity index (χ1n) is 8.80. The molecule has 0 saturated carbocycles. The average molecular weight is 341 g/mol. The van der Waals surface area contributed by atoms with Crippen LogP contribution in [0.1, 0.15) is 30.6 Å². The van der Waals surface area contributed by atoms with Crippen molar-refractivity contribution in [2.75, 3.05) is 26.8 Å². The van der Waals surface area contributed by atoms with Gasteiger partial charge in [0.1, 0.15) is 6.04 Å². The fraction of sp³-hybridized carbons (Fsp3) is 0.474. The van der Waals surface area contributed by atoms with E-state index in [1.54, 1.807) is 16.9 Å². The summed E-state index contributed by atoms with van der Waals surface area (Å²) in [6, 6.07) is 7.62. The molecule has 1 N–H and O–H groups in total. The monoisotopic (exact) mass is 341 g/mol. The molecule has 2 unspecified atom stereocenters. The van der Waals surface area contributed by atoms with Crippen molar-refractivity contribution in [1.82, 2.24) is 14.8 Å². The van der Waals surface area contributed by atoms with Crippen LogP contribution in [0.4, 0.5) is 0 Å². The van der Waals surface area contributed by atoms with Gasteiger partial charge in [0.25, 0.3) is 0 Å². The molecule has 1 saturated heterocycles. The number of benzene rings is 1. The molecule has 0 spiro atoms. The molecule has 2 aromatic rings. The van der Waals surface area contributed by atoms with Crippen molar-refractivity contribution in [2.45, 2.75) is 31.8 Å². The van der Waals surface area contributed by atoms with Gasteiger partial charge in [-0.15, -0.1) is 0 Å². The summed E-state index contributed by atoms with van der Waals surface area (Å²) in [5, 5.41) is 1.15. The van der Waals surface area contributed by atoms with Crippen LogP contribution in [0.3, 0.4) is 0 Å². The number of para-hydroxylation sites is 1. The summed E-state index contributed by atoms with van der Waals surface area (Å²) < 4.78 is 5.07. The molecule has 6 nitrogen and oxygen atoms in total. The lowest BCUT2D eigenvalue weighted by atomic mass is 9.90. The zero-order chi connectivity index (χ0) is 17.6. The van der Waals surface area contributed by atoms with Crippen LogP contribution in [0.15, 0.2) is 24.3 Å². The Labute approximate surface area is 146 Å². The molecule has 3 heterocycles. The van der Waals surface area contributed by atoms with Gasteiger partial charge in [-0.1, -0.05) is 18.2 Å². The maximum Gasteiger partial charge on any atom is 0.246 e. The molecule has 2 aliphatic heterocycles. The largest absolute Gasteiger partial charge is 0.385 e. The summed E-state index contributed by atoms with van der Waals surface area (Å²) in [6.45, 7) is 3.33. The highest BCUT2D eigenvalue weighted by molar-refractivity contribution is 5.97. The summed E-state index contributed by atoms with van der Waals surface area (Å²) >= 11 is 0. The third-order valence-corrected chi connectivity index (χ3v) is 5.40. The fourth-order valence-electron chi connectivity index (χ4n) is 4.22. The normalized spacial score (nSPS) is 23.1. The van der Waals surface area contributed by atoms with Crippen LogP contribution in [0.5, 0.6) is 0 Å². The minimum Gasteiger partial charge on any atom is -0.385 e. The van der Waals surface area contributed by atoms with Crippen LogP contribution >= 0.6 is 0 Å². The maximum atomic E-state index is 13.0. The molecule has 132 valence electrons. The second-order valence-corrected chi connectivity index (χ2v) is 6.87. The van der Waals surface area contributed by atoms with Crippen LogP contribution in [0.2, 0.25) is 0 Å². The highest BCUT2D eigenvalue weighted by atomic mass is 16.5. The molecular weight excluding hydrogens is 318 g/mol. The Hall–Kier alpha value is -2.34. The first kappa shape index (κ1) is 16.1. The third-order valence-electron chi connectivity index (χ3n) is 5.40. The molecule has 4 rings (SSSR count). The Morgan fingerprint density at radius 2 is 2.08 bits per heavy atom. The maximum absolute atomic E-state index is 13.0. The van der Waals surface area contributed by atoms with Crippen molar-refractivity contribution in [3.63, 3.8) is 0 Å². The molecule has 1 aromatic carbocycles. The third kappa shape index (κ3) is 2.52. The lowest BCUT2D eigenvalue weighted by Gasteiger charge is -2.46. The standard InChI is InChI=1S/C19H23N3O3/c1-12-18-14(13-6-3-4-7-15(13)20-18)10-16-19(24)21(8-5-9-25-2)11-17(23)22(12)16/h3-4,6-7,12,16,20H,5,8-11H2,1-2H3. The number of H-pyrrole nitrogens is 1. The molecule has 0 aliphatic carbocycles. The average Bonchev–Trinajstić information content (AvgIpc) is 2.98. The van der Waals surface area contributed by atoms with Crippen molar-refractivity contribution in [1.29, 1.82) is 0 Å². The first-order chi connectivity index (χ1) is 12.1. The van der Waals surface area contributed by atoms with E-state index in [0.29, 0.717) is 19.6 Å². The molecule has 2 aliphatic rings. The van der Waals surface area contributed by atoms with Crippen LogP contribution in [-0.4, -0.2) is 59.4 Å². The molecular formula is C19H23N3O3. The van der Waals surface area contributed by atoms with E-state index >= 15 is 0 Å². The number of nitrogens with zero attached hydrogens (tertiary/aromatic N) is 2. The predicted octanol–water partition coefficient (Wildman–Crippen LogP) is 1.86. The number of methoxy groups -OCH3 is 1. The smallest absolute Gasteiger partial charge is 0.246 e. The number of aromatic amines is 1. The summed E-state index contributed by atoms with van der Waals surface area (Å²) in [7, 11) is 1.65. The van der Waals surface area contributed by atoms with Crippen LogP contribution in [0.25, 0.3) is 10.9 Å². The van der Waals surface area contributed by atoms with Crippen molar-refractivity contribution < 1.29 is 14.3 Å². The Balaban J connectivity index is 1.68. The number of aromatic nitrogens is 1. The van der Waals surface area contributed by atoms with Crippen LogP contribution in [-0.2, 0) is 20.7 Å². The molecule has 0 bridgehead atoms. The van der Waals surface area contributed by atoms with Gasteiger partial charge < -0.3 is 19.5 Å². The van der Waals surface area contributed by atoms with Crippen LogP contribution < -0.4 is 0 Å². The summed E-state index contributed by atoms with van der Waals surface area (Å²) in [6.07, 6.45) is 1.32. The Bertz CT molecular complexity index is 828. The Morgan fingerprint density at radius 1 is 1.28 bits per heavy atom. The van der Waals surface area contributed by atoms with E-state index in [0.717, 1.165) is 23.0 Å². The zero-order valence-corrected chi connectivity index (χ0v) is 14.6. The number of hydrogen-bond acceptors (Lipinski definition) is 3. The van der Waals surface area contributed by atoms with Crippen LogP contribution in [0, 0.1) is 0 Å². The van der Waals surface area contributed by atoms with Gasteiger partial charge in [0.15, 0.2) is 0 Å². The van der Waals surface area contributed by atoms with E-state index in [-0.39, 0.29) is 24.4 Å².